The van der Waals surface area contributed by atoms with E-state index in [2.05, 4.69) is 9.98 Å². The smallest absolute Gasteiger partial charge is 0.267 e. The number of thioether (sulfide) groups is 1. The van der Waals surface area contributed by atoms with Crippen LogP contribution < -0.4 is 0 Å². The summed E-state index contributed by atoms with van der Waals surface area (Å²) in [7, 11) is 0. The maximum atomic E-state index is 12.5. The van der Waals surface area contributed by atoms with Gasteiger partial charge in [0.2, 0.25) is 0 Å². The fourth-order valence-corrected chi connectivity index (χ4v) is 2.70. The number of carbonyl (C=O) groups is 1. The van der Waals surface area contributed by atoms with Gasteiger partial charge in [-0.3, -0.25) is 14.7 Å². The average molecular weight is 283 g/mol. The highest BCUT2D eigenvalue weighted by Gasteiger charge is 2.32. The van der Waals surface area contributed by atoms with Gasteiger partial charge in [-0.25, -0.2) is 4.99 Å². The molecule has 0 aromatic heterocycles. The van der Waals surface area contributed by atoms with Crippen molar-refractivity contribution >= 4 is 34.7 Å². The monoisotopic (exact) mass is 283 g/mol. The molecule has 1 aromatic carbocycles. The zero-order chi connectivity index (χ0) is 13.9. The van der Waals surface area contributed by atoms with E-state index in [1.807, 2.05) is 48.7 Å². The van der Waals surface area contributed by atoms with E-state index < -0.39 is 0 Å². The highest BCUT2D eigenvalue weighted by Crippen LogP contribution is 2.27. The minimum atomic E-state index is -0.0766. The number of carbonyl (C=O) groups excluding carboxylic acids is 1. The minimum Gasteiger partial charge on any atom is -0.268 e. The van der Waals surface area contributed by atoms with Crippen molar-refractivity contribution < 1.29 is 4.79 Å². The Morgan fingerprint density at radius 2 is 2.15 bits per heavy atom. The van der Waals surface area contributed by atoms with Crippen LogP contribution in [0.15, 0.2) is 57.5 Å². The van der Waals surface area contributed by atoms with Crippen molar-refractivity contribution in [1.29, 1.82) is 0 Å². The Labute approximate surface area is 121 Å². The first-order valence-corrected chi connectivity index (χ1v) is 7.24. The number of hydrogen-bond donors (Lipinski definition) is 0. The van der Waals surface area contributed by atoms with Gasteiger partial charge in [-0.15, -0.1) is 0 Å². The number of amidine groups is 2. The van der Waals surface area contributed by atoms with Crippen LogP contribution in [0.4, 0.5) is 0 Å². The summed E-state index contributed by atoms with van der Waals surface area (Å²) in [6.45, 7) is 2.54. The Balaban J connectivity index is 2.08. The molecule has 0 fully saturated rings. The van der Waals surface area contributed by atoms with E-state index in [1.54, 1.807) is 11.1 Å². The van der Waals surface area contributed by atoms with Crippen molar-refractivity contribution in [3.8, 4) is 0 Å². The molecule has 2 aliphatic rings. The van der Waals surface area contributed by atoms with Gasteiger partial charge in [-0.2, -0.15) is 0 Å². The molecule has 4 nitrogen and oxygen atoms in total. The topological polar surface area (TPSA) is 45.0 Å². The predicted octanol–water partition coefficient (Wildman–Crippen LogP) is 2.90. The molecule has 0 N–H and O–H groups in total. The second kappa shape index (κ2) is 5.46. The van der Waals surface area contributed by atoms with E-state index in [-0.39, 0.29) is 5.91 Å². The fourth-order valence-electron chi connectivity index (χ4n) is 2.00. The molecule has 0 spiro atoms. The summed E-state index contributed by atoms with van der Waals surface area (Å²) in [6.07, 6.45) is 3.58. The largest absolute Gasteiger partial charge is 0.268 e. The van der Waals surface area contributed by atoms with Gasteiger partial charge in [0.15, 0.2) is 11.0 Å². The Bertz CT molecular complexity index is 659. The standard InChI is InChI=1S/C15H13N3OS/c1-2-16-13-12(10-11-6-4-3-5-7-11)14(19)18-8-9-20-15(18)17-13/h3-10H,2H2,1H3. The van der Waals surface area contributed by atoms with Gasteiger partial charge in [0.25, 0.3) is 5.91 Å². The molecule has 2 heterocycles. The van der Waals surface area contributed by atoms with Crippen LogP contribution in [0.2, 0.25) is 0 Å². The lowest BCUT2D eigenvalue weighted by Crippen LogP contribution is -2.36. The van der Waals surface area contributed by atoms with Crippen molar-refractivity contribution in [1.82, 2.24) is 4.90 Å². The molecule has 1 aromatic rings. The van der Waals surface area contributed by atoms with Crippen molar-refractivity contribution in [3.63, 3.8) is 0 Å². The lowest BCUT2D eigenvalue weighted by Gasteiger charge is -2.21. The lowest BCUT2D eigenvalue weighted by atomic mass is 10.1. The number of nitrogens with zero attached hydrogens (tertiary/aromatic N) is 3. The molecule has 2 aliphatic heterocycles. The Hall–Kier alpha value is -2.14. The molecule has 0 bridgehead atoms. The van der Waals surface area contributed by atoms with Crippen LogP contribution in [0.5, 0.6) is 0 Å². The summed E-state index contributed by atoms with van der Waals surface area (Å²) >= 11 is 1.43. The summed E-state index contributed by atoms with van der Waals surface area (Å²) in [5.74, 6) is 0.441. The summed E-state index contributed by atoms with van der Waals surface area (Å²) in [5, 5.41) is 2.53. The highest BCUT2D eigenvalue weighted by molar-refractivity contribution is 8.16. The number of rotatable bonds is 2. The molecule has 5 heteroatoms. The van der Waals surface area contributed by atoms with E-state index in [0.717, 1.165) is 5.56 Å². The van der Waals surface area contributed by atoms with Crippen molar-refractivity contribution in [3.05, 3.63) is 53.1 Å². The molecule has 0 radical (unpaired) electrons. The molecule has 20 heavy (non-hydrogen) atoms. The molecule has 0 aliphatic carbocycles. The Morgan fingerprint density at radius 3 is 2.90 bits per heavy atom. The molecule has 0 saturated heterocycles. The molecular formula is C15H13N3OS. The van der Waals surface area contributed by atoms with Crippen LogP contribution >= 0.6 is 11.8 Å². The molecule has 100 valence electrons. The zero-order valence-electron chi connectivity index (χ0n) is 11.0. The highest BCUT2D eigenvalue weighted by atomic mass is 32.2. The van der Waals surface area contributed by atoms with Gasteiger partial charge in [-0.05, 0) is 24.0 Å². The van der Waals surface area contributed by atoms with Gasteiger partial charge < -0.3 is 0 Å². The Morgan fingerprint density at radius 1 is 1.35 bits per heavy atom. The van der Waals surface area contributed by atoms with Gasteiger partial charge >= 0.3 is 0 Å². The Kier molecular flexibility index (Phi) is 3.52. The van der Waals surface area contributed by atoms with Crippen molar-refractivity contribution in [2.45, 2.75) is 6.92 Å². The molecule has 0 atom stereocenters. The van der Waals surface area contributed by atoms with Crippen LogP contribution in [-0.4, -0.2) is 28.4 Å². The normalized spacial score (nSPS) is 21.6. The predicted molar refractivity (Wildman–Crippen MR) is 83.4 cm³/mol. The molecule has 3 rings (SSSR count). The number of amides is 1. The molecule has 1 amide bonds. The number of fused-ring (bicyclic) bond motifs is 1. The second-order valence-electron chi connectivity index (χ2n) is 4.24. The SMILES string of the molecule is CCN=C1N=C2SC=CN2C(=O)C1=Cc1ccccc1. The molecule has 0 saturated carbocycles. The van der Waals surface area contributed by atoms with E-state index in [4.69, 9.17) is 0 Å². The summed E-state index contributed by atoms with van der Waals surface area (Å²) in [4.78, 5) is 22.9. The maximum Gasteiger partial charge on any atom is 0.267 e. The second-order valence-corrected chi connectivity index (χ2v) is 5.11. The van der Waals surface area contributed by atoms with Crippen LogP contribution in [0.25, 0.3) is 6.08 Å². The third-order valence-corrected chi connectivity index (χ3v) is 3.66. The van der Waals surface area contributed by atoms with Crippen molar-refractivity contribution in [2.24, 2.45) is 9.98 Å². The summed E-state index contributed by atoms with van der Waals surface area (Å²) < 4.78 is 0. The van der Waals surface area contributed by atoms with Gasteiger partial charge in [0.1, 0.15) is 0 Å². The molecular weight excluding hydrogens is 270 g/mol. The van der Waals surface area contributed by atoms with Crippen molar-refractivity contribution in [2.75, 3.05) is 6.54 Å². The lowest BCUT2D eigenvalue weighted by molar-refractivity contribution is -0.121. The summed E-state index contributed by atoms with van der Waals surface area (Å²) in [5.41, 5.74) is 1.50. The van der Waals surface area contributed by atoms with E-state index in [9.17, 15) is 4.79 Å². The number of hydrogen-bond acceptors (Lipinski definition) is 3. The van der Waals surface area contributed by atoms with Gasteiger partial charge in [0, 0.05) is 12.7 Å². The number of benzene rings is 1. The first-order valence-electron chi connectivity index (χ1n) is 6.36. The fraction of sp³-hybridized carbons (Fsp3) is 0.133. The third-order valence-electron chi connectivity index (χ3n) is 2.90. The van der Waals surface area contributed by atoms with E-state index >= 15 is 0 Å². The average Bonchev–Trinajstić information content (AvgIpc) is 2.93. The molecule has 0 unspecified atom stereocenters. The van der Waals surface area contributed by atoms with E-state index in [1.165, 1.54) is 11.8 Å². The zero-order valence-corrected chi connectivity index (χ0v) is 11.8. The number of aliphatic imine (C=N–C) groups is 2. The van der Waals surface area contributed by atoms with E-state index in [0.29, 0.717) is 23.1 Å². The van der Waals surface area contributed by atoms with Crippen LogP contribution in [0.3, 0.4) is 0 Å². The summed E-state index contributed by atoms with van der Waals surface area (Å²) in [6, 6.07) is 9.74. The van der Waals surface area contributed by atoms with Crippen LogP contribution in [0.1, 0.15) is 12.5 Å². The quantitative estimate of drug-likeness (QED) is 0.783. The van der Waals surface area contributed by atoms with Gasteiger partial charge in [-0.1, -0.05) is 42.1 Å². The minimum absolute atomic E-state index is 0.0766. The van der Waals surface area contributed by atoms with Gasteiger partial charge in [0.05, 0.1) is 5.57 Å². The first kappa shape index (κ1) is 12.9. The maximum absolute atomic E-state index is 12.5. The van der Waals surface area contributed by atoms with Crippen LogP contribution in [0, 0.1) is 0 Å². The third kappa shape index (κ3) is 2.32. The van der Waals surface area contributed by atoms with Crippen LogP contribution in [-0.2, 0) is 4.79 Å². The first-order chi connectivity index (χ1) is 9.79.